The maximum atomic E-state index is 12.9. The highest BCUT2D eigenvalue weighted by atomic mass is 35.5. The number of benzene rings is 3. The number of imide groups is 1. The molecule has 0 fully saturated rings. The Balaban J connectivity index is 1.62. The van der Waals surface area contributed by atoms with Crippen molar-refractivity contribution in [1.82, 2.24) is 0 Å². The number of carbonyl (C=O) groups excluding carboxylic acids is 2. The zero-order valence-corrected chi connectivity index (χ0v) is 16.3. The maximum absolute atomic E-state index is 12.9. The van der Waals surface area contributed by atoms with E-state index in [0.29, 0.717) is 22.2 Å². The van der Waals surface area contributed by atoms with E-state index in [1.807, 2.05) is 30.3 Å². The van der Waals surface area contributed by atoms with Crippen molar-refractivity contribution in [2.75, 3.05) is 4.90 Å². The molecule has 0 bridgehead atoms. The molecule has 0 aliphatic carbocycles. The minimum atomic E-state index is -0.826. The third-order valence-corrected chi connectivity index (χ3v) is 4.88. The van der Waals surface area contributed by atoms with Crippen LogP contribution in [0.2, 0.25) is 10.0 Å². The molecule has 0 saturated heterocycles. The average molecular weight is 426 g/mol. The van der Waals surface area contributed by atoms with Gasteiger partial charge in [-0.3, -0.25) is 9.59 Å². The summed E-state index contributed by atoms with van der Waals surface area (Å²) in [6.07, 6.45) is 0. The number of halogens is 2. The van der Waals surface area contributed by atoms with E-state index in [-0.39, 0.29) is 16.2 Å². The Morgan fingerprint density at radius 3 is 2.10 bits per heavy atom. The Morgan fingerprint density at radius 2 is 1.45 bits per heavy atom. The highest BCUT2D eigenvalue weighted by Crippen LogP contribution is 2.36. The number of ether oxygens (including phenoxy) is 1. The van der Waals surface area contributed by atoms with Gasteiger partial charge in [0.15, 0.2) is 5.76 Å². The number of para-hydroxylation sites is 1. The Hall–Kier alpha value is -3.28. The molecular formula is C22H13Cl2NO4. The fraction of sp³-hybridized carbons (Fsp3) is 0. The second kappa shape index (κ2) is 7.62. The van der Waals surface area contributed by atoms with Gasteiger partial charge in [0.2, 0.25) is 0 Å². The van der Waals surface area contributed by atoms with E-state index >= 15 is 0 Å². The van der Waals surface area contributed by atoms with E-state index < -0.39 is 17.6 Å². The van der Waals surface area contributed by atoms with Gasteiger partial charge < -0.3 is 9.84 Å². The second-order valence-electron chi connectivity index (χ2n) is 6.20. The molecule has 144 valence electrons. The minimum Gasteiger partial charge on any atom is -0.502 e. The normalized spacial score (nSPS) is 13.9. The lowest BCUT2D eigenvalue weighted by Crippen LogP contribution is -2.31. The summed E-state index contributed by atoms with van der Waals surface area (Å²) in [5.74, 6) is -0.963. The van der Waals surface area contributed by atoms with Crippen molar-refractivity contribution in [3.63, 3.8) is 0 Å². The number of anilines is 1. The molecule has 1 N–H and O–H groups in total. The molecule has 0 unspecified atom stereocenters. The van der Waals surface area contributed by atoms with Crippen LogP contribution < -0.4 is 9.64 Å². The standard InChI is InChI=1S/C22H13Cl2NO4/c23-13-6-11-17(18(24)12-13)19-20(26)22(28)25(21(19)27)14-7-9-16(10-8-14)29-15-4-2-1-3-5-15/h1-12,26H. The van der Waals surface area contributed by atoms with Crippen molar-refractivity contribution in [1.29, 1.82) is 0 Å². The molecule has 0 spiro atoms. The van der Waals surface area contributed by atoms with Gasteiger partial charge in [0.25, 0.3) is 5.91 Å². The van der Waals surface area contributed by atoms with Crippen molar-refractivity contribution in [3.8, 4) is 11.5 Å². The van der Waals surface area contributed by atoms with Gasteiger partial charge >= 0.3 is 5.91 Å². The Labute approximate surface area is 176 Å². The molecule has 29 heavy (non-hydrogen) atoms. The van der Waals surface area contributed by atoms with Crippen LogP contribution in [0.1, 0.15) is 5.56 Å². The number of hydrogen-bond donors (Lipinski definition) is 1. The van der Waals surface area contributed by atoms with Gasteiger partial charge in [-0.15, -0.1) is 0 Å². The largest absolute Gasteiger partial charge is 0.502 e. The average Bonchev–Trinajstić information content (AvgIpc) is 2.93. The second-order valence-corrected chi connectivity index (χ2v) is 7.05. The molecule has 0 aromatic heterocycles. The van der Waals surface area contributed by atoms with E-state index in [9.17, 15) is 14.7 Å². The first-order chi connectivity index (χ1) is 14.0. The van der Waals surface area contributed by atoms with Crippen molar-refractivity contribution >= 4 is 46.3 Å². The fourth-order valence-electron chi connectivity index (χ4n) is 2.98. The first-order valence-electron chi connectivity index (χ1n) is 8.56. The third-order valence-electron chi connectivity index (χ3n) is 4.33. The topological polar surface area (TPSA) is 66.8 Å². The van der Waals surface area contributed by atoms with Crippen LogP contribution in [0, 0.1) is 0 Å². The van der Waals surface area contributed by atoms with Crippen LogP contribution in [0.5, 0.6) is 11.5 Å². The Kier molecular flexibility index (Phi) is 5.01. The molecule has 1 aliphatic heterocycles. The summed E-state index contributed by atoms with van der Waals surface area (Å²) < 4.78 is 5.71. The number of carbonyl (C=O) groups is 2. The third kappa shape index (κ3) is 3.58. The van der Waals surface area contributed by atoms with Gasteiger partial charge in [-0.25, -0.2) is 4.90 Å². The van der Waals surface area contributed by atoms with E-state index in [0.717, 1.165) is 4.90 Å². The summed E-state index contributed by atoms with van der Waals surface area (Å²) in [7, 11) is 0. The molecule has 1 aliphatic rings. The van der Waals surface area contributed by atoms with E-state index in [4.69, 9.17) is 27.9 Å². The molecule has 5 nitrogen and oxygen atoms in total. The molecule has 1 heterocycles. The van der Waals surface area contributed by atoms with Crippen LogP contribution in [0.4, 0.5) is 5.69 Å². The number of hydrogen-bond acceptors (Lipinski definition) is 4. The Morgan fingerprint density at radius 1 is 0.793 bits per heavy atom. The first kappa shape index (κ1) is 19.1. The number of nitrogens with zero attached hydrogens (tertiary/aromatic N) is 1. The number of aliphatic hydroxyl groups excluding tert-OH is 1. The fourth-order valence-corrected chi connectivity index (χ4v) is 3.48. The highest BCUT2D eigenvalue weighted by Gasteiger charge is 2.41. The van der Waals surface area contributed by atoms with E-state index in [2.05, 4.69) is 0 Å². The number of rotatable bonds is 4. The predicted molar refractivity (Wildman–Crippen MR) is 111 cm³/mol. The van der Waals surface area contributed by atoms with Crippen LogP contribution in [0.15, 0.2) is 78.6 Å². The molecule has 3 aromatic rings. The molecule has 4 rings (SSSR count). The SMILES string of the molecule is O=C1C(O)=C(c2ccc(Cl)cc2Cl)C(=O)N1c1ccc(Oc2ccccc2)cc1. The molecule has 0 saturated carbocycles. The number of amides is 2. The van der Waals surface area contributed by atoms with Crippen LogP contribution in [-0.2, 0) is 9.59 Å². The van der Waals surface area contributed by atoms with Gasteiger partial charge in [0.05, 0.1) is 16.3 Å². The summed E-state index contributed by atoms with van der Waals surface area (Å²) in [5.41, 5.74) is 0.367. The van der Waals surface area contributed by atoms with E-state index in [1.165, 1.54) is 18.2 Å². The molecular weight excluding hydrogens is 413 g/mol. The van der Waals surface area contributed by atoms with Crippen molar-refractivity contribution < 1.29 is 19.4 Å². The summed E-state index contributed by atoms with van der Waals surface area (Å²) in [6.45, 7) is 0. The summed E-state index contributed by atoms with van der Waals surface area (Å²) in [4.78, 5) is 26.3. The lowest BCUT2D eigenvalue weighted by molar-refractivity contribution is -0.121. The molecule has 7 heteroatoms. The van der Waals surface area contributed by atoms with Gasteiger partial charge in [0.1, 0.15) is 11.5 Å². The number of aliphatic hydroxyl groups is 1. The maximum Gasteiger partial charge on any atom is 0.301 e. The van der Waals surface area contributed by atoms with Crippen LogP contribution in [-0.4, -0.2) is 16.9 Å². The quantitative estimate of drug-likeness (QED) is 0.550. The van der Waals surface area contributed by atoms with Gasteiger partial charge in [-0.1, -0.05) is 47.5 Å². The van der Waals surface area contributed by atoms with Crippen LogP contribution in [0.3, 0.4) is 0 Å². The first-order valence-corrected chi connectivity index (χ1v) is 9.31. The summed E-state index contributed by atoms with van der Waals surface area (Å²) in [6, 6.07) is 20.0. The molecule has 0 radical (unpaired) electrons. The van der Waals surface area contributed by atoms with Crippen molar-refractivity contribution in [3.05, 3.63) is 94.2 Å². The lowest BCUT2D eigenvalue weighted by atomic mass is 10.1. The van der Waals surface area contributed by atoms with Crippen LogP contribution >= 0.6 is 23.2 Å². The molecule has 3 aromatic carbocycles. The molecule has 2 amide bonds. The lowest BCUT2D eigenvalue weighted by Gasteiger charge is -2.15. The monoisotopic (exact) mass is 425 g/mol. The summed E-state index contributed by atoms with van der Waals surface area (Å²) >= 11 is 12.0. The van der Waals surface area contributed by atoms with Crippen LogP contribution in [0.25, 0.3) is 5.57 Å². The minimum absolute atomic E-state index is 0.161. The zero-order valence-electron chi connectivity index (χ0n) is 14.8. The van der Waals surface area contributed by atoms with Gasteiger partial charge in [-0.2, -0.15) is 0 Å². The van der Waals surface area contributed by atoms with Gasteiger partial charge in [-0.05, 0) is 48.5 Å². The highest BCUT2D eigenvalue weighted by molar-refractivity contribution is 6.47. The Bertz CT molecular complexity index is 1140. The van der Waals surface area contributed by atoms with Gasteiger partial charge in [0, 0.05) is 10.6 Å². The smallest absolute Gasteiger partial charge is 0.301 e. The van der Waals surface area contributed by atoms with Crippen molar-refractivity contribution in [2.24, 2.45) is 0 Å². The van der Waals surface area contributed by atoms with E-state index in [1.54, 1.807) is 24.3 Å². The summed E-state index contributed by atoms with van der Waals surface area (Å²) in [5, 5.41) is 10.8. The molecule has 0 atom stereocenters. The zero-order chi connectivity index (χ0) is 20.5. The van der Waals surface area contributed by atoms with Crippen molar-refractivity contribution in [2.45, 2.75) is 0 Å². The predicted octanol–water partition coefficient (Wildman–Crippen LogP) is 5.63.